The average Bonchev–Trinajstić information content (AvgIpc) is 2.50. The molecule has 118 valence electrons. The molecule has 2 nitrogen and oxygen atoms in total. The lowest BCUT2D eigenvalue weighted by Gasteiger charge is -1.94. The Labute approximate surface area is 130 Å². The summed E-state index contributed by atoms with van der Waals surface area (Å²) in [7, 11) is 0. The molecule has 0 saturated carbocycles. The molecule has 21 heavy (non-hydrogen) atoms. The van der Waals surface area contributed by atoms with Crippen molar-refractivity contribution in [3.8, 4) is 0 Å². The molecule has 0 aliphatic heterocycles. The Morgan fingerprint density at radius 3 is 1.52 bits per heavy atom. The van der Waals surface area contributed by atoms with Crippen LogP contribution in [-0.4, -0.2) is 18.4 Å². The van der Waals surface area contributed by atoms with E-state index in [1.165, 1.54) is 0 Å². The zero-order valence-corrected chi connectivity index (χ0v) is 13.4. The smallest absolute Gasteiger partial charge is 0.0931 e. The van der Waals surface area contributed by atoms with E-state index in [4.69, 9.17) is 5.11 Å². The Bertz CT molecular complexity index is 337. The molecule has 0 spiro atoms. The van der Waals surface area contributed by atoms with Crippen molar-refractivity contribution in [2.75, 3.05) is 13.3 Å². The van der Waals surface area contributed by atoms with Crippen molar-refractivity contribution in [1.82, 2.24) is 5.32 Å². The second-order valence-corrected chi connectivity index (χ2v) is 4.65. The van der Waals surface area contributed by atoms with Crippen molar-refractivity contribution in [2.24, 2.45) is 0 Å². The topological polar surface area (TPSA) is 32.3 Å². The van der Waals surface area contributed by atoms with Crippen molar-refractivity contribution in [3.05, 3.63) is 60.8 Å². The van der Waals surface area contributed by atoms with Gasteiger partial charge in [-0.2, -0.15) is 0 Å². The van der Waals surface area contributed by atoms with Crippen LogP contribution in [0.25, 0.3) is 0 Å². The van der Waals surface area contributed by atoms with E-state index in [-0.39, 0.29) is 6.73 Å². The Kier molecular flexibility index (Phi) is 17.4. The minimum Gasteiger partial charge on any atom is -0.381 e. The largest absolute Gasteiger partial charge is 0.381 e. The van der Waals surface area contributed by atoms with Crippen LogP contribution in [0.3, 0.4) is 0 Å². The summed E-state index contributed by atoms with van der Waals surface area (Å²) in [5.41, 5.74) is 0. The van der Waals surface area contributed by atoms with Gasteiger partial charge < -0.3 is 5.11 Å². The summed E-state index contributed by atoms with van der Waals surface area (Å²) < 4.78 is 0. The first-order valence-corrected chi connectivity index (χ1v) is 7.98. The van der Waals surface area contributed by atoms with Gasteiger partial charge in [0, 0.05) is 6.54 Å². The van der Waals surface area contributed by atoms with Gasteiger partial charge in [0.05, 0.1) is 6.73 Å². The van der Waals surface area contributed by atoms with E-state index in [1.807, 2.05) is 0 Å². The van der Waals surface area contributed by atoms with E-state index in [0.29, 0.717) is 0 Å². The molecule has 0 rings (SSSR count). The van der Waals surface area contributed by atoms with Crippen LogP contribution in [0, 0.1) is 0 Å². The summed E-state index contributed by atoms with van der Waals surface area (Å²) in [5.74, 6) is 0. The van der Waals surface area contributed by atoms with Crippen LogP contribution < -0.4 is 5.32 Å². The fourth-order valence-electron chi connectivity index (χ4n) is 1.63. The van der Waals surface area contributed by atoms with Gasteiger partial charge in [0.25, 0.3) is 0 Å². The van der Waals surface area contributed by atoms with Gasteiger partial charge in [-0.25, -0.2) is 0 Å². The predicted molar refractivity (Wildman–Crippen MR) is 94.2 cm³/mol. The molecule has 2 N–H and O–H groups in total. The van der Waals surface area contributed by atoms with Crippen LogP contribution in [0.4, 0.5) is 0 Å². The zero-order valence-electron chi connectivity index (χ0n) is 13.4. The highest BCUT2D eigenvalue weighted by molar-refractivity contribution is 5.00. The van der Waals surface area contributed by atoms with Crippen LogP contribution >= 0.6 is 0 Å². The normalized spacial score (nSPS) is 13.0. The maximum atomic E-state index is 8.53. The summed E-state index contributed by atoms with van der Waals surface area (Å²) >= 11 is 0. The summed E-state index contributed by atoms with van der Waals surface area (Å²) in [6.07, 6.45) is 28.1. The summed E-state index contributed by atoms with van der Waals surface area (Å²) in [5, 5.41) is 11.4. The number of nitrogens with one attached hydrogen (secondary N) is 1. The van der Waals surface area contributed by atoms with Crippen LogP contribution in [0.2, 0.25) is 0 Å². The second kappa shape index (κ2) is 18.6. The van der Waals surface area contributed by atoms with Gasteiger partial charge in [-0.15, -0.1) is 0 Å². The van der Waals surface area contributed by atoms with Gasteiger partial charge in [-0.1, -0.05) is 67.7 Å². The number of aliphatic hydroxyl groups excluding tert-OH is 1. The molecule has 0 unspecified atom stereocenters. The third-order valence-corrected chi connectivity index (χ3v) is 2.76. The predicted octanol–water partition coefficient (Wildman–Crippen LogP) is 4.67. The van der Waals surface area contributed by atoms with Crippen molar-refractivity contribution in [1.29, 1.82) is 0 Å². The van der Waals surface area contributed by atoms with Crippen molar-refractivity contribution in [2.45, 2.75) is 45.4 Å². The Morgan fingerprint density at radius 2 is 1.10 bits per heavy atom. The first-order valence-electron chi connectivity index (χ1n) is 7.98. The molecule has 0 aromatic rings. The highest BCUT2D eigenvalue weighted by Crippen LogP contribution is 1.95. The fourth-order valence-corrected chi connectivity index (χ4v) is 1.63. The highest BCUT2D eigenvalue weighted by atomic mass is 16.3. The highest BCUT2D eigenvalue weighted by Gasteiger charge is 1.79. The van der Waals surface area contributed by atoms with Gasteiger partial charge in [-0.05, 0) is 38.5 Å². The lowest BCUT2D eigenvalue weighted by atomic mass is 10.2. The number of hydrogen-bond donors (Lipinski definition) is 2. The van der Waals surface area contributed by atoms with E-state index in [9.17, 15) is 0 Å². The molecule has 0 atom stereocenters. The van der Waals surface area contributed by atoms with E-state index >= 15 is 0 Å². The van der Waals surface area contributed by atoms with Gasteiger partial charge >= 0.3 is 0 Å². The minimum absolute atomic E-state index is 0.0602. The number of rotatable bonds is 13. The molecular weight excluding hydrogens is 258 g/mol. The van der Waals surface area contributed by atoms with Crippen LogP contribution in [0.1, 0.15) is 45.4 Å². The quantitative estimate of drug-likeness (QED) is 0.293. The van der Waals surface area contributed by atoms with E-state index in [1.54, 1.807) is 0 Å². The van der Waals surface area contributed by atoms with Crippen molar-refractivity contribution in [3.63, 3.8) is 0 Å². The number of aliphatic hydroxyl groups is 1. The van der Waals surface area contributed by atoms with Crippen LogP contribution in [0.15, 0.2) is 60.8 Å². The molecule has 0 saturated heterocycles. The lowest BCUT2D eigenvalue weighted by molar-refractivity contribution is 0.262. The van der Waals surface area contributed by atoms with Gasteiger partial charge in [0.2, 0.25) is 0 Å². The summed E-state index contributed by atoms with van der Waals surface area (Å²) in [4.78, 5) is 0. The lowest BCUT2D eigenvalue weighted by Crippen LogP contribution is -2.14. The third kappa shape index (κ3) is 18.6. The number of allylic oxidation sites excluding steroid dienone is 9. The molecular formula is C19H31NO. The molecule has 0 bridgehead atoms. The third-order valence-electron chi connectivity index (χ3n) is 2.76. The molecule has 0 heterocycles. The molecule has 0 aliphatic carbocycles. The zero-order chi connectivity index (χ0) is 15.4. The molecule has 0 fully saturated rings. The van der Waals surface area contributed by atoms with E-state index in [0.717, 1.165) is 45.1 Å². The first-order chi connectivity index (χ1) is 10.4. The van der Waals surface area contributed by atoms with Crippen molar-refractivity contribution >= 4 is 0 Å². The second-order valence-electron chi connectivity index (χ2n) is 4.65. The van der Waals surface area contributed by atoms with E-state index in [2.05, 4.69) is 73.0 Å². The van der Waals surface area contributed by atoms with Crippen LogP contribution in [0.5, 0.6) is 0 Å². The Morgan fingerprint density at radius 1 is 0.667 bits per heavy atom. The van der Waals surface area contributed by atoms with Gasteiger partial charge in [0.1, 0.15) is 0 Å². The standard InChI is InChI=1S/C19H31NO/c1-2-3-4-5-6-7-8-9-10-11-12-13-14-15-16-17-18-20-19-21/h3-4,6-7,9-10,12-13,15-16,20-21H,2,5,8,11,14,17-19H2,1H3/b4-3-,7-6-,10-9-,13-12-,16-15-. The maximum Gasteiger partial charge on any atom is 0.0931 e. The summed E-state index contributed by atoms with van der Waals surface area (Å²) in [6, 6.07) is 0. The first kappa shape index (κ1) is 19.6. The summed E-state index contributed by atoms with van der Waals surface area (Å²) in [6.45, 7) is 3.05. The molecule has 2 heteroatoms. The molecule has 0 radical (unpaired) electrons. The number of hydrogen-bond acceptors (Lipinski definition) is 2. The molecule has 0 amide bonds. The van der Waals surface area contributed by atoms with E-state index < -0.39 is 0 Å². The van der Waals surface area contributed by atoms with Gasteiger partial charge in [-0.3, -0.25) is 5.32 Å². The van der Waals surface area contributed by atoms with Gasteiger partial charge in [0.15, 0.2) is 0 Å². The average molecular weight is 289 g/mol. The maximum absolute atomic E-state index is 8.53. The monoisotopic (exact) mass is 289 g/mol. The minimum atomic E-state index is 0.0602. The molecule has 0 aliphatic rings. The SMILES string of the molecule is CC/C=C\C/C=C\C/C=C\C/C=C\C/C=C\CCNCO. The van der Waals surface area contributed by atoms with Crippen LogP contribution in [-0.2, 0) is 0 Å². The fraction of sp³-hybridized carbons (Fsp3) is 0.474. The van der Waals surface area contributed by atoms with Crippen molar-refractivity contribution < 1.29 is 5.11 Å². The Hall–Kier alpha value is -1.38. The molecule has 0 aromatic heterocycles. The Balaban J connectivity index is 3.41. The molecule has 0 aromatic carbocycles.